The van der Waals surface area contributed by atoms with Crippen LogP contribution in [0.25, 0.3) is 0 Å². The lowest BCUT2D eigenvalue weighted by Crippen LogP contribution is -2.11. The highest BCUT2D eigenvalue weighted by Crippen LogP contribution is 1.84. The molecule has 0 atom stereocenters. The maximum absolute atomic E-state index is 10.8. The van der Waals surface area contributed by atoms with Crippen molar-refractivity contribution in [3.8, 4) is 0 Å². The monoisotopic (exact) mass is 139 g/mol. The van der Waals surface area contributed by atoms with Crippen LogP contribution < -0.4 is 0 Å². The number of aromatic nitrogens is 3. The molecule has 0 aliphatic rings. The summed E-state index contributed by atoms with van der Waals surface area (Å²) >= 11 is 0. The Morgan fingerprint density at radius 3 is 2.60 bits per heavy atom. The first-order valence-electron chi connectivity index (χ1n) is 3.18. The summed E-state index contributed by atoms with van der Waals surface area (Å²) in [5.41, 5.74) is 0. The molecule has 1 aromatic rings. The first kappa shape index (κ1) is 6.92. The van der Waals surface area contributed by atoms with E-state index >= 15 is 0 Å². The lowest BCUT2D eigenvalue weighted by molar-refractivity contribution is -0.119. The molecule has 10 heavy (non-hydrogen) atoms. The van der Waals surface area contributed by atoms with Crippen molar-refractivity contribution in [2.45, 2.75) is 19.9 Å². The van der Waals surface area contributed by atoms with Crippen LogP contribution in [0.3, 0.4) is 0 Å². The molecule has 0 spiro atoms. The van der Waals surface area contributed by atoms with Crippen molar-refractivity contribution in [3.63, 3.8) is 0 Å². The second-order valence-electron chi connectivity index (χ2n) is 1.95. The van der Waals surface area contributed by atoms with E-state index in [-0.39, 0.29) is 5.78 Å². The van der Waals surface area contributed by atoms with Gasteiger partial charge in [-0.25, -0.2) is 0 Å². The van der Waals surface area contributed by atoms with E-state index < -0.39 is 0 Å². The predicted molar refractivity (Wildman–Crippen MR) is 35.3 cm³/mol. The van der Waals surface area contributed by atoms with Gasteiger partial charge in [0.25, 0.3) is 0 Å². The Balaban J connectivity index is 2.48. The fourth-order valence-corrected chi connectivity index (χ4v) is 0.595. The quantitative estimate of drug-likeness (QED) is 0.603. The van der Waals surface area contributed by atoms with Gasteiger partial charge in [-0.05, 0) is 0 Å². The van der Waals surface area contributed by atoms with Gasteiger partial charge in [0.1, 0.15) is 6.54 Å². The molecule has 0 radical (unpaired) electrons. The maximum Gasteiger partial charge on any atom is 0.155 e. The lowest BCUT2D eigenvalue weighted by atomic mass is 10.3. The highest BCUT2D eigenvalue weighted by atomic mass is 16.1. The van der Waals surface area contributed by atoms with Crippen LogP contribution >= 0.6 is 0 Å². The Hall–Kier alpha value is -1.19. The molecule has 4 heteroatoms. The van der Waals surface area contributed by atoms with E-state index in [0.29, 0.717) is 13.0 Å². The van der Waals surface area contributed by atoms with Crippen LogP contribution in [-0.4, -0.2) is 20.8 Å². The van der Waals surface area contributed by atoms with Gasteiger partial charge in [-0.2, -0.15) is 15.0 Å². The van der Waals surface area contributed by atoms with Gasteiger partial charge in [0.05, 0.1) is 12.4 Å². The fourth-order valence-electron chi connectivity index (χ4n) is 0.595. The van der Waals surface area contributed by atoms with E-state index in [1.807, 2.05) is 6.92 Å². The van der Waals surface area contributed by atoms with E-state index in [0.717, 1.165) is 0 Å². The van der Waals surface area contributed by atoms with Gasteiger partial charge >= 0.3 is 0 Å². The van der Waals surface area contributed by atoms with Gasteiger partial charge in [0.2, 0.25) is 0 Å². The van der Waals surface area contributed by atoms with E-state index in [2.05, 4.69) is 10.2 Å². The van der Waals surface area contributed by atoms with E-state index in [4.69, 9.17) is 0 Å². The Kier molecular flexibility index (Phi) is 2.15. The van der Waals surface area contributed by atoms with Crippen molar-refractivity contribution in [3.05, 3.63) is 12.4 Å². The van der Waals surface area contributed by atoms with Gasteiger partial charge in [0, 0.05) is 6.42 Å². The minimum absolute atomic E-state index is 0.149. The summed E-state index contributed by atoms with van der Waals surface area (Å²) in [6.07, 6.45) is 3.66. The molecular weight excluding hydrogens is 130 g/mol. The molecule has 0 unspecified atom stereocenters. The number of Topliss-reactive ketones (excluding diaryl/α,β-unsaturated/α-hetero) is 1. The van der Waals surface area contributed by atoms with Crippen LogP contribution in [0.5, 0.6) is 0 Å². The Morgan fingerprint density at radius 2 is 2.10 bits per heavy atom. The predicted octanol–water partition coefficient (Wildman–Crippen LogP) is 0.257. The molecule has 0 aromatic carbocycles. The average Bonchev–Trinajstić information content (AvgIpc) is 2.40. The third kappa shape index (κ3) is 1.65. The molecule has 0 saturated heterocycles. The standard InChI is InChI=1S/C6H9N3O/c1-2-6(10)5-9-7-3-4-8-9/h3-4H,2,5H2,1H3. The molecule has 0 N–H and O–H groups in total. The number of carbonyl (C=O) groups excluding carboxylic acids is 1. The van der Waals surface area contributed by atoms with Crippen LogP contribution in [0, 0.1) is 0 Å². The zero-order chi connectivity index (χ0) is 7.40. The van der Waals surface area contributed by atoms with E-state index in [1.165, 1.54) is 4.80 Å². The summed E-state index contributed by atoms with van der Waals surface area (Å²) < 4.78 is 0. The van der Waals surface area contributed by atoms with Crippen molar-refractivity contribution < 1.29 is 4.79 Å². The second kappa shape index (κ2) is 3.10. The lowest BCUT2D eigenvalue weighted by Gasteiger charge is -1.93. The molecule has 4 nitrogen and oxygen atoms in total. The summed E-state index contributed by atoms with van der Waals surface area (Å²) in [5.74, 6) is 0.149. The largest absolute Gasteiger partial charge is 0.298 e. The van der Waals surface area contributed by atoms with Crippen LogP contribution in [-0.2, 0) is 11.3 Å². The van der Waals surface area contributed by atoms with E-state index in [9.17, 15) is 4.79 Å². The molecule has 1 aromatic heterocycles. The molecule has 0 amide bonds. The summed E-state index contributed by atoms with van der Waals surface area (Å²) in [7, 11) is 0. The summed E-state index contributed by atoms with van der Waals surface area (Å²) in [5, 5.41) is 7.58. The molecule has 0 saturated carbocycles. The maximum atomic E-state index is 10.8. The molecule has 0 fully saturated rings. The summed E-state index contributed by atoms with van der Waals surface area (Å²) in [6.45, 7) is 2.12. The number of hydrogen-bond acceptors (Lipinski definition) is 3. The van der Waals surface area contributed by atoms with Crippen LogP contribution in [0.15, 0.2) is 12.4 Å². The topological polar surface area (TPSA) is 47.8 Å². The number of ketones is 1. The van der Waals surface area contributed by atoms with Crippen LogP contribution in [0.1, 0.15) is 13.3 Å². The van der Waals surface area contributed by atoms with Gasteiger partial charge in [0.15, 0.2) is 5.78 Å². The van der Waals surface area contributed by atoms with Crippen LogP contribution in [0.2, 0.25) is 0 Å². The second-order valence-corrected chi connectivity index (χ2v) is 1.95. The highest BCUT2D eigenvalue weighted by Gasteiger charge is 1.98. The van der Waals surface area contributed by atoms with Gasteiger partial charge in [-0.15, -0.1) is 0 Å². The number of rotatable bonds is 3. The number of carbonyl (C=O) groups is 1. The zero-order valence-corrected chi connectivity index (χ0v) is 5.82. The normalized spacial score (nSPS) is 9.70. The van der Waals surface area contributed by atoms with Crippen molar-refractivity contribution in [2.24, 2.45) is 0 Å². The zero-order valence-electron chi connectivity index (χ0n) is 5.82. The Morgan fingerprint density at radius 1 is 1.50 bits per heavy atom. The van der Waals surface area contributed by atoms with Gasteiger partial charge < -0.3 is 0 Å². The molecular formula is C6H9N3O. The average molecular weight is 139 g/mol. The van der Waals surface area contributed by atoms with Crippen molar-refractivity contribution in [2.75, 3.05) is 0 Å². The summed E-state index contributed by atoms with van der Waals surface area (Å²) in [4.78, 5) is 12.2. The Bertz CT molecular complexity index is 205. The van der Waals surface area contributed by atoms with E-state index in [1.54, 1.807) is 12.4 Å². The minimum atomic E-state index is 0.149. The highest BCUT2D eigenvalue weighted by molar-refractivity contribution is 5.77. The molecule has 0 aliphatic carbocycles. The first-order chi connectivity index (χ1) is 4.83. The van der Waals surface area contributed by atoms with Gasteiger partial charge in [-0.1, -0.05) is 6.92 Å². The Labute approximate surface area is 58.8 Å². The van der Waals surface area contributed by atoms with Crippen molar-refractivity contribution in [1.82, 2.24) is 15.0 Å². The van der Waals surface area contributed by atoms with Crippen molar-refractivity contribution >= 4 is 5.78 Å². The SMILES string of the molecule is CCC(=O)Cn1nccn1. The van der Waals surface area contributed by atoms with Crippen molar-refractivity contribution in [1.29, 1.82) is 0 Å². The molecule has 1 heterocycles. The third-order valence-corrected chi connectivity index (χ3v) is 1.18. The molecule has 54 valence electrons. The minimum Gasteiger partial charge on any atom is -0.298 e. The smallest absolute Gasteiger partial charge is 0.155 e. The van der Waals surface area contributed by atoms with Crippen LogP contribution in [0.4, 0.5) is 0 Å². The molecule has 0 aliphatic heterocycles. The number of hydrogen-bond donors (Lipinski definition) is 0. The third-order valence-electron chi connectivity index (χ3n) is 1.18. The fraction of sp³-hybridized carbons (Fsp3) is 0.500. The first-order valence-corrected chi connectivity index (χ1v) is 3.18. The molecule has 0 bridgehead atoms. The van der Waals surface area contributed by atoms with Gasteiger partial charge in [-0.3, -0.25) is 4.79 Å². The summed E-state index contributed by atoms with van der Waals surface area (Å²) in [6, 6.07) is 0. The number of nitrogens with zero attached hydrogens (tertiary/aromatic N) is 3. The molecule has 1 rings (SSSR count).